The van der Waals surface area contributed by atoms with Crippen LogP contribution in [0.5, 0.6) is 0 Å². The fourth-order valence-electron chi connectivity index (χ4n) is 5.92. The molecule has 0 radical (unpaired) electrons. The molecule has 0 N–H and O–H groups in total. The van der Waals surface area contributed by atoms with Crippen LogP contribution < -0.4 is 0 Å². The number of rotatable bonds is 2. The zero-order valence-electron chi connectivity index (χ0n) is 20.5. The summed E-state index contributed by atoms with van der Waals surface area (Å²) in [6.45, 7) is 0. The van der Waals surface area contributed by atoms with Gasteiger partial charge in [-0.15, -0.1) is 11.3 Å². The monoisotopic (exact) mass is 518 g/mol. The molecule has 39 heavy (non-hydrogen) atoms. The first-order valence-electron chi connectivity index (χ1n) is 12.8. The summed E-state index contributed by atoms with van der Waals surface area (Å²) in [5.41, 5.74) is 9.40. The molecular formula is C33H18N4OS. The summed E-state index contributed by atoms with van der Waals surface area (Å²) in [4.78, 5) is 15.2. The van der Waals surface area contributed by atoms with Gasteiger partial charge in [0.1, 0.15) is 11.1 Å². The van der Waals surface area contributed by atoms with Crippen molar-refractivity contribution in [3.8, 4) is 17.2 Å². The Labute approximate surface area is 225 Å². The van der Waals surface area contributed by atoms with Crippen LogP contribution in [0.25, 0.3) is 82.1 Å². The fraction of sp³-hybridized carbons (Fsp3) is 0. The molecule has 0 atom stereocenters. The Balaban J connectivity index is 1.53. The van der Waals surface area contributed by atoms with Crippen LogP contribution in [0.2, 0.25) is 0 Å². The van der Waals surface area contributed by atoms with E-state index in [-0.39, 0.29) is 0 Å². The van der Waals surface area contributed by atoms with Crippen molar-refractivity contribution in [2.75, 3.05) is 0 Å². The van der Waals surface area contributed by atoms with Crippen LogP contribution in [0.4, 0.5) is 0 Å². The zero-order valence-corrected chi connectivity index (χ0v) is 21.3. The van der Waals surface area contributed by atoms with Gasteiger partial charge < -0.3 is 4.42 Å². The minimum Gasteiger partial charge on any atom is -0.454 e. The van der Waals surface area contributed by atoms with Crippen molar-refractivity contribution >= 4 is 76.2 Å². The van der Waals surface area contributed by atoms with Gasteiger partial charge in [-0.05, 0) is 18.2 Å². The molecule has 0 unspecified atom stereocenters. The van der Waals surface area contributed by atoms with E-state index in [0.29, 0.717) is 5.95 Å². The smallest absolute Gasteiger partial charge is 0.235 e. The number of furan rings is 1. The minimum atomic E-state index is 0.607. The van der Waals surface area contributed by atoms with E-state index >= 15 is 0 Å². The van der Waals surface area contributed by atoms with E-state index < -0.39 is 0 Å². The molecule has 0 saturated carbocycles. The van der Waals surface area contributed by atoms with Crippen LogP contribution >= 0.6 is 11.3 Å². The van der Waals surface area contributed by atoms with Gasteiger partial charge in [-0.3, -0.25) is 4.57 Å². The largest absolute Gasteiger partial charge is 0.454 e. The van der Waals surface area contributed by atoms with E-state index in [2.05, 4.69) is 65.2 Å². The van der Waals surface area contributed by atoms with Gasteiger partial charge in [-0.1, -0.05) is 84.9 Å². The highest BCUT2D eigenvalue weighted by molar-refractivity contribution is 7.18. The maximum Gasteiger partial charge on any atom is 0.235 e. The Morgan fingerprint density at radius 3 is 2.31 bits per heavy atom. The molecule has 0 spiro atoms. The highest BCUT2D eigenvalue weighted by Gasteiger charge is 2.25. The van der Waals surface area contributed by atoms with E-state index in [1.54, 1.807) is 11.3 Å². The lowest BCUT2D eigenvalue weighted by Crippen LogP contribution is -2.03. The topological polar surface area (TPSA) is 56.7 Å². The van der Waals surface area contributed by atoms with Gasteiger partial charge in [0.25, 0.3) is 0 Å². The molecule has 4 heterocycles. The van der Waals surface area contributed by atoms with Gasteiger partial charge in [0.2, 0.25) is 5.95 Å². The lowest BCUT2D eigenvalue weighted by atomic mass is 10.1. The summed E-state index contributed by atoms with van der Waals surface area (Å²) < 4.78 is 9.93. The maximum absolute atomic E-state index is 6.64. The molecule has 0 aliphatic heterocycles. The van der Waals surface area contributed by atoms with Gasteiger partial charge in [-0.25, -0.2) is 15.0 Å². The average molecular weight is 519 g/mol. The minimum absolute atomic E-state index is 0.607. The van der Waals surface area contributed by atoms with Crippen LogP contribution in [0.1, 0.15) is 0 Å². The first kappa shape index (κ1) is 20.9. The molecule has 0 bridgehead atoms. The molecular weight excluding hydrogens is 500 g/mol. The van der Waals surface area contributed by atoms with E-state index in [4.69, 9.17) is 19.4 Å². The van der Waals surface area contributed by atoms with Gasteiger partial charge in [0.05, 0.1) is 32.5 Å². The van der Waals surface area contributed by atoms with Crippen LogP contribution in [0, 0.1) is 0 Å². The third kappa shape index (κ3) is 2.81. The average Bonchev–Trinajstić information content (AvgIpc) is 3.70. The SMILES string of the molecule is c1ccc(-c2nc(-n3c4ccccc4c4c5ncsc5c5c6ccccc6oc5c43)nc3ccccc23)cc1. The molecule has 0 aliphatic carbocycles. The summed E-state index contributed by atoms with van der Waals surface area (Å²) in [6.07, 6.45) is 0. The number of benzene rings is 5. The maximum atomic E-state index is 6.64. The van der Waals surface area contributed by atoms with Crippen LogP contribution in [-0.4, -0.2) is 19.5 Å². The molecule has 9 aromatic rings. The number of para-hydroxylation sites is 3. The highest BCUT2D eigenvalue weighted by atomic mass is 32.1. The van der Waals surface area contributed by atoms with Crippen molar-refractivity contribution in [2.45, 2.75) is 0 Å². The number of hydrogen-bond donors (Lipinski definition) is 0. The molecule has 182 valence electrons. The van der Waals surface area contributed by atoms with Gasteiger partial charge in [0, 0.05) is 32.5 Å². The molecule has 0 fully saturated rings. The fourth-order valence-corrected chi connectivity index (χ4v) is 6.77. The number of fused-ring (bicyclic) bond motifs is 11. The number of nitrogens with zero attached hydrogens (tertiary/aromatic N) is 4. The first-order chi connectivity index (χ1) is 19.4. The van der Waals surface area contributed by atoms with Crippen molar-refractivity contribution in [1.82, 2.24) is 19.5 Å². The number of thiazole rings is 1. The Morgan fingerprint density at radius 2 is 1.41 bits per heavy atom. The van der Waals surface area contributed by atoms with E-state index in [1.165, 1.54) is 0 Å². The van der Waals surface area contributed by atoms with Crippen molar-refractivity contribution in [3.63, 3.8) is 0 Å². The Hall–Kier alpha value is -5.07. The summed E-state index contributed by atoms with van der Waals surface area (Å²) in [6, 6.07) is 35.2. The first-order valence-corrected chi connectivity index (χ1v) is 13.7. The molecule has 9 rings (SSSR count). The van der Waals surface area contributed by atoms with Gasteiger partial charge in [0.15, 0.2) is 5.58 Å². The van der Waals surface area contributed by atoms with Crippen LogP contribution in [0.3, 0.4) is 0 Å². The third-order valence-electron chi connectivity index (χ3n) is 7.56. The van der Waals surface area contributed by atoms with Crippen molar-refractivity contribution in [1.29, 1.82) is 0 Å². The second-order valence-electron chi connectivity index (χ2n) is 9.66. The predicted octanol–water partition coefficient (Wildman–Crippen LogP) is 8.90. The Kier molecular flexibility index (Phi) is 4.14. The molecule has 0 amide bonds. The summed E-state index contributed by atoms with van der Waals surface area (Å²) in [7, 11) is 0. The summed E-state index contributed by atoms with van der Waals surface area (Å²) >= 11 is 1.65. The van der Waals surface area contributed by atoms with Crippen LogP contribution in [0.15, 0.2) is 113 Å². The lowest BCUT2D eigenvalue weighted by Gasteiger charge is -2.11. The highest BCUT2D eigenvalue weighted by Crippen LogP contribution is 2.46. The van der Waals surface area contributed by atoms with Crippen molar-refractivity contribution in [2.24, 2.45) is 0 Å². The van der Waals surface area contributed by atoms with E-state index in [0.717, 1.165) is 76.1 Å². The number of hydrogen-bond acceptors (Lipinski definition) is 5. The van der Waals surface area contributed by atoms with Crippen molar-refractivity contribution in [3.05, 3.63) is 109 Å². The Morgan fingerprint density at radius 1 is 0.667 bits per heavy atom. The molecule has 4 aromatic heterocycles. The predicted molar refractivity (Wildman–Crippen MR) is 160 cm³/mol. The molecule has 0 aliphatic rings. The third-order valence-corrected chi connectivity index (χ3v) is 8.40. The zero-order chi connectivity index (χ0) is 25.5. The second-order valence-corrected chi connectivity index (χ2v) is 10.5. The van der Waals surface area contributed by atoms with Gasteiger partial charge >= 0.3 is 0 Å². The Bertz CT molecular complexity index is 2400. The summed E-state index contributed by atoms with van der Waals surface area (Å²) in [5.74, 6) is 0.607. The molecule has 6 heteroatoms. The standard InChI is InChI=1S/C33H18N4OS/c1-2-10-19(11-3-1)28-20-12-4-7-15-23(20)35-33(36-28)37-24-16-8-5-13-21(24)26-29-32(39-18-34-29)27-22-14-6-9-17-25(22)38-31(27)30(26)37/h1-18H. The van der Waals surface area contributed by atoms with E-state index in [1.807, 2.05) is 48.0 Å². The summed E-state index contributed by atoms with van der Waals surface area (Å²) in [5, 5.41) is 5.35. The molecule has 5 aromatic carbocycles. The van der Waals surface area contributed by atoms with E-state index in [9.17, 15) is 0 Å². The van der Waals surface area contributed by atoms with Crippen LogP contribution in [-0.2, 0) is 0 Å². The van der Waals surface area contributed by atoms with Crippen molar-refractivity contribution < 1.29 is 4.42 Å². The second kappa shape index (κ2) is 7.72. The van der Waals surface area contributed by atoms with Gasteiger partial charge in [-0.2, -0.15) is 0 Å². The normalized spacial score (nSPS) is 12.1. The lowest BCUT2D eigenvalue weighted by molar-refractivity contribution is 0.671. The molecule has 5 nitrogen and oxygen atoms in total. The number of aromatic nitrogens is 4. The molecule has 0 saturated heterocycles. The quantitative estimate of drug-likeness (QED) is 0.229.